The Hall–Kier alpha value is -1.72. The first-order valence-corrected chi connectivity index (χ1v) is 6.04. The van der Waals surface area contributed by atoms with Gasteiger partial charge in [-0.1, -0.05) is 28.9 Å². The Labute approximate surface area is 109 Å². The lowest BCUT2D eigenvalue weighted by Crippen LogP contribution is -2.43. The van der Waals surface area contributed by atoms with E-state index in [2.05, 4.69) is 15.6 Å². The van der Waals surface area contributed by atoms with Crippen molar-refractivity contribution >= 4 is 17.4 Å². The van der Waals surface area contributed by atoms with Crippen molar-refractivity contribution in [3.8, 4) is 0 Å². The molecule has 92 valence electrons. The van der Waals surface area contributed by atoms with Gasteiger partial charge in [0.25, 0.3) is 0 Å². The molecular formula is C12H11ClN4O. The van der Waals surface area contributed by atoms with Gasteiger partial charge in [0.1, 0.15) is 0 Å². The van der Waals surface area contributed by atoms with Crippen molar-refractivity contribution in [1.82, 2.24) is 20.3 Å². The van der Waals surface area contributed by atoms with Gasteiger partial charge in [0.2, 0.25) is 5.78 Å². The summed E-state index contributed by atoms with van der Waals surface area (Å²) in [5.74, 6) is -0.156. The summed E-state index contributed by atoms with van der Waals surface area (Å²) in [6, 6.07) is 7.13. The SMILES string of the molecule is O=C(c1cccc(Cl)c1)c1cn(C2CNC2)nn1. The van der Waals surface area contributed by atoms with Crippen LogP contribution in [0, 0.1) is 0 Å². The van der Waals surface area contributed by atoms with Crippen LogP contribution in [0.5, 0.6) is 0 Å². The van der Waals surface area contributed by atoms with E-state index in [0.29, 0.717) is 22.3 Å². The minimum atomic E-state index is -0.156. The minimum absolute atomic E-state index is 0.156. The summed E-state index contributed by atoms with van der Waals surface area (Å²) >= 11 is 5.86. The van der Waals surface area contributed by atoms with Crippen LogP contribution in [-0.2, 0) is 0 Å². The number of carbonyl (C=O) groups excluding carboxylic acids is 1. The maximum Gasteiger partial charge on any atom is 0.214 e. The third kappa shape index (κ3) is 2.02. The second-order valence-electron chi connectivity index (χ2n) is 4.24. The molecule has 0 aliphatic carbocycles. The zero-order valence-electron chi connectivity index (χ0n) is 9.51. The normalized spacial score (nSPS) is 15.4. The number of hydrogen-bond donors (Lipinski definition) is 1. The average molecular weight is 263 g/mol. The first-order chi connectivity index (χ1) is 8.74. The van der Waals surface area contributed by atoms with Gasteiger partial charge in [-0.05, 0) is 12.1 Å². The summed E-state index contributed by atoms with van der Waals surface area (Å²) in [5, 5.41) is 11.6. The molecule has 2 aromatic rings. The van der Waals surface area contributed by atoms with E-state index in [1.807, 2.05) is 0 Å². The fourth-order valence-corrected chi connectivity index (χ4v) is 1.99. The summed E-state index contributed by atoms with van der Waals surface area (Å²) < 4.78 is 1.73. The van der Waals surface area contributed by atoms with Gasteiger partial charge in [0, 0.05) is 23.7 Å². The van der Waals surface area contributed by atoms with E-state index in [1.165, 1.54) is 0 Å². The number of nitrogens with zero attached hydrogens (tertiary/aromatic N) is 3. The standard InChI is InChI=1S/C12H11ClN4O/c13-9-3-1-2-8(4-9)12(18)11-7-17(16-15-11)10-5-14-6-10/h1-4,7,10,14H,5-6H2. The molecule has 0 spiro atoms. The van der Waals surface area contributed by atoms with Crippen molar-refractivity contribution in [2.75, 3.05) is 13.1 Å². The molecule has 0 unspecified atom stereocenters. The van der Waals surface area contributed by atoms with Gasteiger partial charge in [-0.2, -0.15) is 0 Å². The van der Waals surface area contributed by atoms with Crippen molar-refractivity contribution < 1.29 is 4.79 Å². The Morgan fingerprint density at radius 1 is 1.44 bits per heavy atom. The van der Waals surface area contributed by atoms with Crippen LogP contribution in [0.25, 0.3) is 0 Å². The van der Waals surface area contributed by atoms with Crippen molar-refractivity contribution in [3.63, 3.8) is 0 Å². The predicted molar refractivity (Wildman–Crippen MR) is 66.8 cm³/mol. The molecular weight excluding hydrogens is 252 g/mol. The smallest absolute Gasteiger partial charge is 0.214 e. The van der Waals surface area contributed by atoms with E-state index in [4.69, 9.17) is 11.6 Å². The fraction of sp³-hybridized carbons (Fsp3) is 0.250. The molecule has 1 aliphatic heterocycles. The van der Waals surface area contributed by atoms with Gasteiger partial charge >= 0.3 is 0 Å². The number of benzene rings is 1. The lowest BCUT2D eigenvalue weighted by molar-refractivity contribution is 0.103. The Bertz CT molecular complexity index is 591. The number of hydrogen-bond acceptors (Lipinski definition) is 4. The van der Waals surface area contributed by atoms with E-state index in [0.717, 1.165) is 13.1 Å². The molecule has 0 atom stereocenters. The van der Waals surface area contributed by atoms with Crippen molar-refractivity contribution in [3.05, 3.63) is 46.7 Å². The number of ketones is 1. The lowest BCUT2D eigenvalue weighted by atomic mass is 10.1. The highest BCUT2D eigenvalue weighted by Gasteiger charge is 2.22. The number of rotatable bonds is 3. The molecule has 1 aromatic heterocycles. The second-order valence-corrected chi connectivity index (χ2v) is 4.67. The predicted octanol–water partition coefficient (Wildman–Crippen LogP) is 1.31. The van der Waals surface area contributed by atoms with Crippen LogP contribution >= 0.6 is 11.6 Å². The van der Waals surface area contributed by atoms with Crippen LogP contribution in [-0.4, -0.2) is 33.9 Å². The van der Waals surface area contributed by atoms with Crippen molar-refractivity contribution in [2.45, 2.75) is 6.04 Å². The highest BCUT2D eigenvalue weighted by atomic mass is 35.5. The third-order valence-electron chi connectivity index (χ3n) is 2.96. The molecule has 5 nitrogen and oxygen atoms in total. The van der Waals surface area contributed by atoms with Crippen LogP contribution in [0.3, 0.4) is 0 Å². The van der Waals surface area contributed by atoms with Gasteiger partial charge in [-0.25, -0.2) is 4.68 Å². The summed E-state index contributed by atoms with van der Waals surface area (Å²) in [4.78, 5) is 12.2. The van der Waals surface area contributed by atoms with Crippen LogP contribution in [0.4, 0.5) is 0 Å². The molecule has 0 amide bonds. The van der Waals surface area contributed by atoms with Crippen LogP contribution in [0.2, 0.25) is 5.02 Å². The molecule has 1 fully saturated rings. The Morgan fingerprint density at radius 2 is 2.28 bits per heavy atom. The van der Waals surface area contributed by atoms with Crippen molar-refractivity contribution in [1.29, 1.82) is 0 Å². The molecule has 2 heterocycles. The Kier molecular flexibility index (Phi) is 2.85. The molecule has 0 bridgehead atoms. The molecule has 0 saturated carbocycles. The van der Waals surface area contributed by atoms with E-state index in [9.17, 15) is 4.79 Å². The maximum atomic E-state index is 12.2. The average Bonchev–Trinajstić information content (AvgIpc) is 2.75. The van der Waals surface area contributed by atoms with Gasteiger partial charge in [-0.3, -0.25) is 4.79 Å². The number of halogens is 1. The first-order valence-electron chi connectivity index (χ1n) is 5.67. The number of aromatic nitrogens is 3. The van der Waals surface area contributed by atoms with Crippen LogP contribution in [0.15, 0.2) is 30.5 Å². The van der Waals surface area contributed by atoms with Gasteiger partial charge in [0.15, 0.2) is 5.69 Å². The molecule has 1 aliphatic rings. The highest BCUT2D eigenvalue weighted by molar-refractivity contribution is 6.31. The highest BCUT2D eigenvalue weighted by Crippen LogP contribution is 2.15. The molecule has 1 aromatic carbocycles. The van der Waals surface area contributed by atoms with E-state index >= 15 is 0 Å². The van der Waals surface area contributed by atoms with Gasteiger partial charge in [-0.15, -0.1) is 5.10 Å². The molecule has 1 N–H and O–H groups in total. The van der Waals surface area contributed by atoms with E-state index in [1.54, 1.807) is 35.1 Å². The molecule has 0 radical (unpaired) electrons. The van der Waals surface area contributed by atoms with E-state index < -0.39 is 0 Å². The third-order valence-corrected chi connectivity index (χ3v) is 3.20. The Balaban J connectivity index is 1.85. The van der Waals surface area contributed by atoms with Gasteiger partial charge in [0.05, 0.1) is 12.2 Å². The number of carbonyl (C=O) groups is 1. The number of nitrogens with one attached hydrogen (secondary N) is 1. The van der Waals surface area contributed by atoms with Crippen LogP contribution < -0.4 is 5.32 Å². The zero-order valence-corrected chi connectivity index (χ0v) is 10.3. The second kappa shape index (κ2) is 4.51. The lowest BCUT2D eigenvalue weighted by Gasteiger charge is -2.26. The monoisotopic (exact) mass is 262 g/mol. The fourth-order valence-electron chi connectivity index (χ4n) is 1.80. The van der Waals surface area contributed by atoms with Crippen molar-refractivity contribution in [2.24, 2.45) is 0 Å². The maximum absolute atomic E-state index is 12.2. The quantitative estimate of drug-likeness (QED) is 0.848. The molecule has 3 rings (SSSR count). The topological polar surface area (TPSA) is 59.8 Å². The largest absolute Gasteiger partial charge is 0.312 e. The summed E-state index contributed by atoms with van der Waals surface area (Å²) in [6.07, 6.45) is 1.69. The minimum Gasteiger partial charge on any atom is -0.312 e. The molecule has 6 heteroatoms. The summed E-state index contributed by atoms with van der Waals surface area (Å²) in [5.41, 5.74) is 0.880. The summed E-state index contributed by atoms with van der Waals surface area (Å²) in [7, 11) is 0. The molecule has 1 saturated heterocycles. The Morgan fingerprint density at radius 3 is 2.94 bits per heavy atom. The van der Waals surface area contributed by atoms with Crippen LogP contribution in [0.1, 0.15) is 22.1 Å². The van der Waals surface area contributed by atoms with Gasteiger partial charge < -0.3 is 5.32 Å². The zero-order chi connectivity index (χ0) is 12.5. The molecule has 18 heavy (non-hydrogen) atoms. The van der Waals surface area contributed by atoms with E-state index in [-0.39, 0.29) is 5.78 Å². The first kappa shape index (κ1) is 11.4. The summed E-state index contributed by atoms with van der Waals surface area (Å²) in [6.45, 7) is 1.74.